The number of carboxylic acids is 1. The first-order valence-corrected chi connectivity index (χ1v) is 6.15. The first-order chi connectivity index (χ1) is 9.36. The van der Waals surface area contributed by atoms with Gasteiger partial charge in [0, 0.05) is 12.0 Å². The van der Waals surface area contributed by atoms with Gasteiger partial charge in [-0.05, 0) is 32.5 Å². The molecule has 7 nitrogen and oxygen atoms in total. The van der Waals surface area contributed by atoms with E-state index in [1.807, 2.05) is 0 Å². The van der Waals surface area contributed by atoms with Gasteiger partial charge in [0.15, 0.2) is 0 Å². The fourth-order valence-electron chi connectivity index (χ4n) is 1.85. The molecule has 0 spiro atoms. The fraction of sp³-hybridized carbons (Fsp3) is 0.462. The van der Waals surface area contributed by atoms with Crippen LogP contribution in [0.15, 0.2) is 12.1 Å². The molecule has 0 radical (unpaired) electrons. The van der Waals surface area contributed by atoms with E-state index in [9.17, 15) is 14.9 Å². The maximum Gasteiger partial charge on any atom is 0.320 e. The summed E-state index contributed by atoms with van der Waals surface area (Å²) in [5.41, 5.74) is 1.34. The first-order valence-electron chi connectivity index (χ1n) is 6.15. The average Bonchev–Trinajstić information content (AvgIpc) is 2.35. The molecule has 1 atom stereocenters. The molecular formula is C13H18N2O5. The first kappa shape index (κ1) is 15.9. The standard InChI is InChI=1S/C13H18N2O5/c1-8-6-9(2)12(7-11(8)15(18)19)20-5-4-10(14-3)13(16)17/h6-7,10,14H,4-5H2,1-3H3,(H,16,17). The average molecular weight is 282 g/mol. The third-order valence-electron chi connectivity index (χ3n) is 3.00. The quantitative estimate of drug-likeness (QED) is 0.582. The number of nitro groups is 1. The van der Waals surface area contributed by atoms with Crippen LogP contribution in [0.1, 0.15) is 17.5 Å². The SMILES string of the molecule is CNC(CCOc1cc([N+](=O)[O-])c(C)cc1C)C(=O)O. The number of aliphatic carboxylic acids is 1. The summed E-state index contributed by atoms with van der Waals surface area (Å²) in [6, 6.07) is 2.36. The van der Waals surface area contributed by atoms with Crippen LogP contribution in [0.3, 0.4) is 0 Å². The molecule has 0 aliphatic rings. The largest absolute Gasteiger partial charge is 0.493 e. The minimum atomic E-state index is -0.956. The molecule has 0 saturated heterocycles. The molecule has 20 heavy (non-hydrogen) atoms. The Labute approximate surface area is 116 Å². The summed E-state index contributed by atoms with van der Waals surface area (Å²) >= 11 is 0. The van der Waals surface area contributed by atoms with Crippen molar-refractivity contribution in [3.8, 4) is 5.75 Å². The van der Waals surface area contributed by atoms with E-state index in [-0.39, 0.29) is 18.7 Å². The maximum atomic E-state index is 10.9. The zero-order chi connectivity index (χ0) is 15.3. The van der Waals surface area contributed by atoms with Crippen molar-refractivity contribution in [2.75, 3.05) is 13.7 Å². The van der Waals surface area contributed by atoms with E-state index in [4.69, 9.17) is 9.84 Å². The van der Waals surface area contributed by atoms with Gasteiger partial charge in [-0.1, -0.05) is 0 Å². The molecule has 0 bridgehead atoms. The number of nitrogens with zero attached hydrogens (tertiary/aromatic N) is 1. The molecule has 0 heterocycles. The zero-order valence-corrected chi connectivity index (χ0v) is 11.7. The Hall–Kier alpha value is -2.15. The van der Waals surface area contributed by atoms with Crippen molar-refractivity contribution >= 4 is 11.7 Å². The summed E-state index contributed by atoms with van der Waals surface area (Å²) in [5, 5.41) is 22.4. The molecule has 0 aliphatic carbocycles. The van der Waals surface area contributed by atoms with E-state index in [1.54, 1.807) is 27.0 Å². The highest BCUT2D eigenvalue weighted by molar-refractivity contribution is 5.73. The Morgan fingerprint density at radius 3 is 2.60 bits per heavy atom. The topological polar surface area (TPSA) is 102 Å². The van der Waals surface area contributed by atoms with E-state index >= 15 is 0 Å². The van der Waals surface area contributed by atoms with E-state index in [0.29, 0.717) is 11.3 Å². The van der Waals surface area contributed by atoms with Gasteiger partial charge < -0.3 is 15.2 Å². The highest BCUT2D eigenvalue weighted by atomic mass is 16.6. The van der Waals surface area contributed by atoms with Gasteiger partial charge in [-0.25, -0.2) is 0 Å². The molecule has 1 aromatic rings. The minimum Gasteiger partial charge on any atom is -0.493 e. The van der Waals surface area contributed by atoms with Crippen molar-refractivity contribution in [1.29, 1.82) is 0 Å². The number of nitro benzene ring substituents is 1. The van der Waals surface area contributed by atoms with Crippen LogP contribution in [-0.4, -0.2) is 35.7 Å². The molecule has 0 saturated carbocycles. The lowest BCUT2D eigenvalue weighted by atomic mass is 10.1. The van der Waals surface area contributed by atoms with Crippen LogP contribution >= 0.6 is 0 Å². The molecule has 0 fully saturated rings. The van der Waals surface area contributed by atoms with Crippen LogP contribution in [0.2, 0.25) is 0 Å². The molecular weight excluding hydrogens is 264 g/mol. The van der Waals surface area contributed by atoms with Gasteiger partial charge in [-0.2, -0.15) is 0 Å². The second-order valence-corrected chi connectivity index (χ2v) is 4.48. The molecule has 1 aromatic carbocycles. The molecule has 1 rings (SSSR count). The van der Waals surface area contributed by atoms with Crippen molar-refractivity contribution in [2.45, 2.75) is 26.3 Å². The second-order valence-electron chi connectivity index (χ2n) is 4.48. The summed E-state index contributed by atoms with van der Waals surface area (Å²) in [6.07, 6.45) is 0.271. The van der Waals surface area contributed by atoms with Crippen molar-refractivity contribution in [3.63, 3.8) is 0 Å². The predicted molar refractivity (Wildman–Crippen MR) is 73.2 cm³/mol. The normalized spacial score (nSPS) is 11.9. The molecule has 1 unspecified atom stereocenters. The van der Waals surface area contributed by atoms with Crippen molar-refractivity contribution in [1.82, 2.24) is 5.32 Å². The fourth-order valence-corrected chi connectivity index (χ4v) is 1.85. The van der Waals surface area contributed by atoms with Gasteiger partial charge in [-0.15, -0.1) is 0 Å². The summed E-state index contributed by atoms with van der Waals surface area (Å²) in [7, 11) is 1.56. The maximum absolute atomic E-state index is 10.9. The monoisotopic (exact) mass is 282 g/mol. The lowest BCUT2D eigenvalue weighted by molar-refractivity contribution is -0.385. The van der Waals surface area contributed by atoms with Gasteiger partial charge >= 0.3 is 5.97 Å². The Morgan fingerprint density at radius 2 is 2.10 bits per heavy atom. The van der Waals surface area contributed by atoms with Crippen molar-refractivity contribution in [2.24, 2.45) is 0 Å². The summed E-state index contributed by atoms with van der Waals surface area (Å²) in [5.74, 6) is -0.551. The van der Waals surface area contributed by atoms with E-state index < -0.39 is 16.9 Å². The van der Waals surface area contributed by atoms with Gasteiger partial charge in [0.1, 0.15) is 11.8 Å². The van der Waals surface area contributed by atoms with Crippen LogP contribution in [0.5, 0.6) is 5.75 Å². The highest BCUT2D eigenvalue weighted by Gasteiger charge is 2.17. The van der Waals surface area contributed by atoms with Crippen LogP contribution in [0.4, 0.5) is 5.69 Å². The van der Waals surface area contributed by atoms with E-state index in [1.165, 1.54) is 6.07 Å². The highest BCUT2D eigenvalue weighted by Crippen LogP contribution is 2.28. The number of likely N-dealkylation sites (N-methyl/N-ethyl adjacent to an activating group) is 1. The third-order valence-corrected chi connectivity index (χ3v) is 3.00. The molecule has 0 aromatic heterocycles. The molecule has 2 N–H and O–H groups in total. The van der Waals surface area contributed by atoms with Crippen molar-refractivity contribution in [3.05, 3.63) is 33.4 Å². The summed E-state index contributed by atoms with van der Waals surface area (Å²) in [6.45, 7) is 3.62. The van der Waals surface area contributed by atoms with Gasteiger partial charge in [-0.3, -0.25) is 14.9 Å². The number of carboxylic acid groups (broad SMARTS) is 1. The second kappa shape index (κ2) is 6.85. The number of hydrogen-bond donors (Lipinski definition) is 2. The number of aryl methyl sites for hydroxylation is 2. The van der Waals surface area contributed by atoms with Crippen LogP contribution in [0.25, 0.3) is 0 Å². The number of ether oxygens (including phenoxy) is 1. The molecule has 0 aliphatic heterocycles. The predicted octanol–water partition coefficient (Wildman–Crippen LogP) is 1.65. The van der Waals surface area contributed by atoms with Gasteiger partial charge in [0.25, 0.3) is 5.69 Å². The van der Waals surface area contributed by atoms with Gasteiger partial charge in [0.05, 0.1) is 17.6 Å². The molecule has 110 valence electrons. The van der Waals surface area contributed by atoms with Crippen LogP contribution < -0.4 is 10.1 Å². The van der Waals surface area contributed by atoms with Crippen LogP contribution in [-0.2, 0) is 4.79 Å². The smallest absolute Gasteiger partial charge is 0.320 e. The van der Waals surface area contributed by atoms with E-state index in [0.717, 1.165) is 5.56 Å². The third kappa shape index (κ3) is 3.92. The minimum absolute atomic E-state index is 0.00555. The number of nitrogens with one attached hydrogen (secondary N) is 1. The molecule has 0 amide bonds. The Morgan fingerprint density at radius 1 is 1.45 bits per heavy atom. The zero-order valence-electron chi connectivity index (χ0n) is 11.7. The van der Waals surface area contributed by atoms with Crippen LogP contribution in [0, 0.1) is 24.0 Å². The number of benzene rings is 1. The van der Waals surface area contributed by atoms with Gasteiger partial charge in [0.2, 0.25) is 0 Å². The van der Waals surface area contributed by atoms with E-state index in [2.05, 4.69) is 5.32 Å². The lowest BCUT2D eigenvalue weighted by Gasteiger charge is -2.13. The Kier molecular flexibility index (Phi) is 5.45. The summed E-state index contributed by atoms with van der Waals surface area (Å²) in [4.78, 5) is 21.2. The number of hydrogen-bond acceptors (Lipinski definition) is 5. The summed E-state index contributed by atoms with van der Waals surface area (Å²) < 4.78 is 5.46. The Balaban J connectivity index is 2.75. The lowest BCUT2D eigenvalue weighted by Crippen LogP contribution is -2.35. The van der Waals surface area contributed by atoms with Crippen molar-refractivity contribution < 1.29 is 19.6 Å². The number of rotatable bonds is 7. The molecule has 7 heteroatoms. The number of carbonyl (C=O) groups is 1. The Bertz CT molecular complexity index is 516.